The number of hydrogen-bond donors (Lipinski definition) is 0. The molecule has 1 rings (SSSR count). The van der Waals surface area contributed by atoms with Gasteiger partial charge in [-0.05, 0) is 11.0 Å². The predicted octanol–water partition coefficient (Wildman–Crippen LogP) is 1.61. The first-order valence-electron chi connectivity index (χ1n) is 6.13. The molecule has 1 aromatic rings. The van der Waals surface area contributed by atoms with Crippen molar-refractivity contribution in [1.29, 1.82) is 0 Å². The van der Waals surface area contributed by atoms with Crippen LogP contribution in [-0.4, -0.2) is 18.2 Å². The van der Waals surface area contributed by atoms with E-state index in [1.54, 1.807) is 0 Å². The van der Waals surface area contributed by atoms with Crippen molar-refractivity contribution in [3.63, 3.8) is 0 Å². The molecule has 0 radical (unpaired) electrons. The van der Waals surface area contributed by atoms with Gasteiger partial charge in [-0.15, -0.1) is 0 Å². The van der Waals surface area contributed by atoms with Gasteiger partial charge in [-0.2, -0.15) is 0 Å². The number of hydrogen-bond acceptors (Lipinski definition) is 0. The highest BCUT2D eigenvalue weighted by Crippen LogP contribution is 2.20. The monoisotopic (exact) mass is 238 g/mol. The number of unbranched alkanes of at least 4 members (excludes halogenated alkanes) is 1. The summed E-state index contributed by atoms with van der Waals surface area (Å²) in [5.74, 6) is 0. The molecule has 0 aliphatic rings. The van der Waals surface area contributed by atoms with E-state index < -0.39 is 0 Å². The Morgan fingerprint density at radius 1 is 1.00 bits per heavy atom. The highest BCUT2D eigenvalue weighted by atomic mass is 16.0. The average Bonchev–Trinajstić information content (AvgIpc) is 2.18. The van der Waals surface area contributed by atoms with Crippen LogP contribution in [0.1, 0.15) is 46.1 Å². The highest BCUT2D eigenvalue weighted by Gasteiger charge is 2.12. The third kappa shape index (κ3) is 6.49. The molecule has 0 aromatic heterocycles. The zero-order valence-corrected chi connectivity index (χ0v) is 11.6. The van der Waals surface area contributed by atoms with Crippen LogP contribution in [0.2, 0.25) is 6.32 Å². The zero-order chi connectivity index (χ0) is 11.3. The first-order chi connectivity index (χ1) is 7.04. The lowest BCUT2D eigenvalue weighted by atomic mass is 9.66. The normalized spacial score (nSPS) is 10.1. The predicted molar refractivity (Wildman–Crippen MR) is 78.9 cm³/mol. The summed E-state index contributed by atoms with van der Waals surface area (Å²) in [4.78, 5) is 0. The van der Waals surface area contributed by atoms with Crippen molar-refractivity contribution in [3.8, 4) is 0 Å². The molecule has 3 heteroatoms. The van der Waals surface area contributed by atoms with E-state index in [9.17, 15) is 0 Å². The van der Waals surface area contributed by atoms with Gasteiger partial charge in [-0.3, -0.25) is 0 Å². The molecule has 0 aliphatic carbocycles. The van der Waals surface area contributed by atoms with Crippen molar-refractivity contribution < 1.29 is 11.0 Å². The summed E-state index contributed by atoms with van der Waals surface area (Å²) < 4.78 is 0. The maximum absolute atomic E-state index is 2.29. The fourth-order valence-electron chi connectivity index (χ4n) is 1.75. The molecule has 0 spiro atoms. The van der Waals surface area contributed by atoms with Gasteiger partial charge < -0.3 is 11.0 Å². The maximum atomic E-state index is 2.29. The van der Waals surface area contributed by atoms with E-state index in [0.29, 0.717) is 0 Å². The van der Waals surface area contributed by atoms with E-state index in [1.807, 2.05) is 0 Å². The lowest BCUT2D eigenvalue weighted by Crippen LogP contribution is -2.16. The van der Waals surface area contributed by atoms with Crippen molar-refractivity contribution in [3.05, 3.63) is 29.8 Å². The van der Waals surface area contributed by atoms with Gasteiger partial charge in [0.15, 0.2) is 7.28 Å². The van der Waals surface area contributed by atoms with Crippen LogP contribution in [-0.2, 0) is 5.41 Å². The van der Waals surface area contributed by atoms with Crippen molar-refractivity contribution >= 4 is 12.7 Å². The van der Waals surface area contributed by atoms with Gasteiger partial charge in [-0.1, -0.05) is 76.6 Å². The smallest absolute Gasteiger partial charge is 0.157 e. The molecule has 4 N–H and O–H groups in total. The second kappa shape index (κ2) is 8.32. The van der Waals surface area contributed by atoms with Crippen LogP contribution in [0.25, 0.3) is 0 Å². The first-order valence-corrected chi connectivity index (χ1v) is 6.13. The van der Waals surface area contributed by atoms with Gasteiger partial charge in [0.25, 0.3) is 0 Å². The van der Waals surface area contributed by atoms with Gasteiger partial charge in [0.2, 0.25) is 0 Å². The minimum atomic E-state index is 0. The summed E-state index contributed by atoms with van der Waals surface area (Å²) >= 11 is 0. The fraction of sp³-hybridized carbons (Fsp3) is 0.571. The Labute approximate surface area is 106 Å². The highest BCUT2D eigenvalue weighted by molar-refractivity contribution is 6.53. The summed E-state index contributed by atoms with van der Waals surface area (Å²) in [6.45, 7) is 9.04. The summed E-state index contributed by atoms with van der Waals surface area (Å²) in [5, 5.41) is 0. The van der Waals surface area contributed by atoms with E-state index in [1.165, 1.54) is 37.5 Å². The Kier molecular flexibility index (Phi) is 9.09. The molecule has 1 aromatic carbocycles. The lowest BCUT2D eigenvalue weighted by molar-refractivity contribution is 0.590. The molecule has 0 heterocycles. The first kappa shape index (κ1) is 18.6. The van der Waals surface area contributed by atoms with Gasteiger partial charge in [0, 0.05) is 0 Å². The zero-order valence-electron chi connectivity index (χ0n) is 11.6. The van der Waals surface area contributed by atoms with Crippen molar-refractivity contribution in [2.24, 2.45) is 0 Å². The van der Waals surface area contributed by atoms with Crippen LogP contribution >= 0.6 is 0 Å². The van der Waals surface area contributed by atoms with Crippen molar-refractivity contribution in [1.82, 2.24) is 0 Å². The molecule has 0 amide bonds. The fourth-order valence-corrected chi connectivity index (χ4v) is 1.75. The average molecular weight is 238 g/mol. The molecule has 0 saturated heterocycles. The quantitative estimate of drug-likeness (QED) is 0.565. The lowest BCUT2D eigenvalue weighted by Gasteiger charge is -2.19. The Balaban J connectivity index is 0. The van der Waals surface area contributed by atoms with E-state index in [2.05, 4.69) is 52.0 Å². The molecular formula is C14H27BO2. The molecule has 0 unspecified atom stereocenters. The van der Waals surface area contributed by atoms with Crippen LogP contribution in [0.5, 0.6) is 0 Å². The topological polar surface area (TPSA) is 63.0 Å². The molecule has 0 fully saturated rings. The minimum Gasteiger partial charge on any atom is -0.412 e. The SMILES string of the molecule is CCCCBc1ccc(C(C)(C)C)cc1.O.O. The van der Waals surface area contributed by atoms with Crippen molar-refractivity contribution in [2.45, 2.75) is 52.3 Å². The van der Waals surface area contributed by atoms with Crippen LogP contribution in [0.4, 0.5) is 0 Å². The number of benzene rings is 1. The van der Waals surface area contributed by atoms with Crippen LogP contribution in [0, 0.1) is 0 Å². The van der Waals surface area contributed by atoms with Crippen molar-refractivity contribution in [2.75, 3.05) is 0 Å². The van der Waals surface area contributed by atoms with E-state index >= 15 is 0 Å². The van der Waals surface area contributed by atoms with Gasteiger partial charge in [0.1, 0.15) is 0 Å². The molecular weight excluding hydrogens is 211 g/mol. The van der Waals surface area contributed by atoms with E-state index in [-0.39, 0.29) is 16.4 Å². The van der Waals surface area contributed by atoms with Crippen LogP contribution < -0.4 is 5.46 Å². The van der Waals surface area contributed by atoms with E-state index in [0.717, 1.165) is 0 Å². The summed E-state index contributed by atoms with van der Waals surface area (Å²) in [6, 6.07) is 9.13. The summed E-state index contributed by atoms with van der Waals surface area (Å²) in [5.41, 5.74) is 3.19. The standard InChI is InChI=1S/C14H23B.2H2O/c1-5-6-11-15-13-9-7-12(8-10-13)14(2,3)4;;/h7-10,15H,5-6,11H2,1-4H3;2*1H2. The molecule has 0 aliphatic heterocycles. The van der Waals surface area contributed by atoms with Crippen LogP contribution in [0.3, 0.4) is 0 Å². The molecule has 17 heavy (non-hydrogen) atoms. The largest absolute Gasteiger partial charge is 0.412 e. The molecule has 2 nitrogen and oxygen atoms in total. The second-order valence-corrected chi connectivity index (χ2v) is 5.40. The van der Waals surface area contributed by atoms with Crippen LogP contribution in [0.15, 0.2) is 24.3 Å². The van der Waals surface area contributed by atoms with E-state index in [4.69, 9.17) is 0 Å². The Hall–Kier alpha value is -0.795. The Bertz CT molecular complexity index is 288. The number of rotatable bonds is 4. The maximum Gasteiger partial charge on any atom is 0.157 e. The Morgan fingerprint density at radius 3 is 1.94 bits per heavy atom. The summed E-state index contributed by atoms with van der Waals surface area (Å²) in [7, 11) is 1.23. The summed E-state index contributed by atoms with van der Waals surface area (Å²) in [6.07, 6.45) is 3.98. The Morgan fingerprint density at radius 2 is 1.53 bits per heavy atom. The second-order valence-electron chi connectivity index (χ2n) is 5.40. The third-order valence-electron chi connectivity index (χ3n) is 2.89. The minimum absolute atomic E-state index is 0. The van der Waals surface area contributed by atoms with Gasteiger partial charge in [0.05, 0.1) is 0 Å². The molecule has 0 bridgehead atoms. The molecule has 0 saturated carbocycles. The molecule has 0 atom stereocenters. The van der Waals surface area contributed by atoms with Gasteiger partial charge >= 0.3 is 0 Å². The van der Waals surface area contributed by atoms with Gasteiger partial charge in [-0.25, -0.2) is 0 Å². The molecule has 98 valence electrons. The third-order valence-corrected chi connectivity index (χ3v) is 2.89.